The molecular formula is C26H29N3O4S. The monoisotopic (exact) mass is 479 g/mol. The van der Waals surface area contributed by atoms with Crippen molar-refractivity contribution in [2.45, 2.75) is 51.2 Å². The Labute approximate surface area is 203 Å². The number of rotatable bonds is 9. The molecule has 1 aliphatic rings. The molecule has 0 bridgehead atoms. The highest BCUT2D eigenvalue weighted by molar-refractivity contribution is 7.12. The number of carbonyl (C=O) groups is 3. The predicted octanol–water partition coefficient (Wildman–Crippen LogP) is 4.21. The Morgan fingerprint density at radius 2 is 1.88 bits per heavy atom. The van der Waals surface area contributed by atoms with Gasteiger partial charge in [0.25, 0.3) is 5.91 Å². The predicted molar refractivity (Wildman–Crippen MR) is 130 cm³/mol. The van der Waals surface area contributed by atoms with E-state index in [-0.39, 0.29) is 36.9 Å². The van der Waals surface area contributed by atoms with Gasteiger partial charge in [-0.1, -0.05) is 43.2 Å². The normalized spacial score (nSPS) is 14.5. The molecule has 0 aliphatic heterocycles. The van der Waals surface area contributed by atoms with Gasteiger partial charge in [0.05, 0.1) is 24.2 Å². The molecule has 1 saturated carbocycles. The molecule has 1 aliphatic carbocycles. The molecule has 3 amide bonds. The molecule has 34 heavy (non-hydrogen) atoms. The zero-order chi connectivity index (χ0) is 23.9. The van der Waals surface area contributed by atoms with E-state index in [1.807, 2.05) is 36.6 Å². The van der Waals surface area contributed by atoms with Crippen molar-refractivity contribution in [1.29, 1.82) is 0 Å². The Morgan fingerprint density at radius 3 is 2.56 bits per heavy atom. The lowest BCUT2D eigenvalue weighted by molar-refractivity contribution is -0.141. The molecule has 1 aromatic carbocycles. The number of hydrogen-bond donors (Lipinski definition) is 2. The van der Waals surface area contributed by atoms with Crippen LogP contribution in [0.2, 0.25) is 0 Å². The largest absolute Gasteiger partial charge is 0.467 e. The Morgan fingerprint density at radius 1 is 1.09 bits per heavy atom. The summed E-state index contributed by atoms with van der Waals surface area (Å²) in [5.74, 6) is -0.337. The maximum absolute atomic E-state index is 13.6. The van der Waals surface area contributed by atoms with Gasteiger partial charge in [0.2, 0.25) is 11.8 Å². The van der Waals surface area contributed by atoms with Gasteiger partial charge < -0.3 is 20.0 Å². The van der Waals surface area contributed by atoms with E-state index < -0.39 is 6.04 Å². The summed E-state index contributed by atoms with van der Waals surface area (Å²) in [5, 5.41) is 7.66. The van der Waals surface area contributed by atoms with Gasteiger partial charge in [-0.25, -0.2) is 0 Å². The Bertz CT molecular complexity index is 1110. The number of amides is 3. The number of aryl methyl sites for hydroxylation is 1. The summed E-state index contributed by atoms with van der Waals surface area (Å²) in [5.41, 5.74) is 1.66. The molecule has 2 N–H and O–H groups in total. The van der Waals surface area contributed by atoms with Crippen LogP contribution in [0.3, 0.4) is 0 Å². The number of benzene rings is 1. The second-order valence-electron chi connectivity index (χ2n) is 8.51. The third kappa shape index (κ3) is 5.75. The molecule has 0 unspecified atom stereocenters. The molecule has 8 heteroatoms. The molecule has 0 radical (unpaired) electrons. The number of nitrogens with zero attached hydrogens (tertiary/aromatic N) is 1. The summed E-state index contributed by atoms with van der Waals surface area (Å²) in [4.78, 5) is 41.6. The Kier molecular flexibility index (Phi) is 7.80. The van der Waals surface area contributed by atoms with Crippen molar-refractivity contribution in [2.24, 2.45) is 0 Å². The van der Waals surface area contributed by atoms with Crippen LogP contribution in [0.1, 0.15) is 58.3 Å². The van der Waals surface area contributed by atoms with Gasteiger partial charge >= 0.3 is 0 Å². The van der Waals surface area contributed by atoms with Gasteiger partial charge in [-0.2, -0.15) is 0 Å². The van der Waals surface area contributed by atoms with Gasteiger partial charge in [-0.3, -0.25) is 14.4 Å². The molecule has 0 saturated heterocycles. The second kappa shape index (κ2) is 11.2. The molecule has 1 fully saturated rings. The van der Waals surface area contributed by atoms with Gasteiger partial charge in [0, 0.05) is 6.04 Å². The van der Waals surface area contributed by atoms with Crippen molar-refractivity contribution >= 4 is 29.1 Å². The van der Waals surface area contributed by atoms with E-state index in [2.05, 4.69) is 10.6 Å². The maximum atomic E-state index is 13.6. The van der Waals surface area contributed by atoms with Crippen LogP contribution in [0.4, 0.5) is 0 Å². The summed E-state index contributed by atoms with van der Waals surface area (Å²) in [6.07, 6.45) is 5.59. The number of hydrogen-bond acceptors (Lipinski definition) is 5. The first-order valence-electron chi connectivity index (χ1n) is 11.5. The Hall–Kier alpha value is -3.39. The minimum Gasteiger partial charge on any atom is -0.467 e. The van der Waals surface area contributed by atoms with Crippen molar-refractivity contribution < 1.29 is 18.8 Å². The van der Waals surface area contributed by atoms with Crippen LogP contribution in [-0.4, -0.2) is 35.2 Å². The second-order valence-corrected chi connectivity index (χ2v) is 9.46. The fraction of sp³-hybridized carbons (Fsp3) is 0.346. The van der Waals surface area contributed by atoms with Crippen LogP contribution in [0, 0.1) is 6.92 Å². The van der Waals surface area contributed by atoms with E-state index in [4.69, 9.17) is 4.42 Å². The summed E-state index contributed by atoms with van der Waals surface area (Å²) >= 11 is 1.31. The number of thiophene rings is 1. The first-order valence-corrected chi connectivity index (χ1v) is 12.4. The van der Waals surface area contributed by atoms with Crippen molar-refractivity contribution in [2.75, 3.05) is 6.54 Å². The summed E-state index contributed by atoms with van der Waals surface area (Å²) in [6.45, 7) is 1.81. The van der Waals surface area contributed by atoms with Gasteiger partial charge in [-0.15, -0.1) is 11.3 Å². The van der Waals surface area contributed by atoms with Crippen LogP contribution in [0.5, 0.6) is 0 Å². The highest BCUT2D eigenvalue weighted by Gasteiger charge is 2.34. The molecule has 2 aromatic heterocycles. The third-order valence-corrected chi connectivity index (χ3v) is 6.99. The zero-order valence-corrected chi connectivity index (χ0v) is 20.0. The van der Waals surface area contributed by atoms with Gasteiger partial charge in [0.1, 0.15) is 11.8 Å². The van der Waals surface area contributed by atoms with E-state index in [0.29, 0.717) is 10.6 Å². The maximum Gasteiger partial charge on any atom is 0.261 e. The third-order valence-electron chi connectivity index (χ3n) is 6.12. The zero-order valence-electron chi connectivity index (χ0n) is 19.2. The molecule has 1 atom stereocenters. The topological polar surface area (TPSA) is 91.7 Å². The molecule has 2 heterocycles. The smallest absolute Gasteiger partial charge is 0.261 e. The molecule has 178 valence electrons. The lowest BCUT2D eigenvalue weighted by Gasteiger charge is -2.32. The highest BCUT2D eigenvalue weighted by Crippen LogP contribution is 2.28. The summed E-state index contributed by atoms with van der Waals surface area (Å²) in [6, 6.07) is 13.8. The van der Waals surface area contributed by atoms with Gasteiger partial charge in [-0.05, 0) is 54.5 Å². The standard InChI is InChI=1S/C26H29N3O4S/c1-18-8-2-5-12-21(18)24(26(32)28-19-9-3-4-10-19)29(17-20-11-6-14-33-20)23(30)16-27-25(31)22-13-7-15-34-22/h2,5-8,11-15,19,24H,3-4,9-10,16-17H2,1H3,(H,27,31)(H,28,32)/t24-/m1/s1. The van der Waals surface area contributed by atoms with E-state index in [9.17, 15) is 14.4 Å². The molecule has 3 aromatic rings. The van der Waals surface area contributed by atoms with Crippen molar-refractivity contribution in [1.82, 2.24) is 15.5 Å². The first kappa shape index (κ1) is 23.8. The average Bonchev–Trinajstić information content (AvgIpc) is 3.62. The average molecular weight is 480 g/mol. The summed E-state index contributed by atoms with van der Waals surface area (Å²) < 4.78 is 5.52. The highest BCUT2D eigenvalue weighted by atomic mass is 32.1. The lowest BCUT2D eigenvalue weighted by Crippen LogP contribution is -2.48. The van der Waals surface area contributed by atoms with E-state index >= 15 is 0 Å². The minimum atomic E-state index is -0.849. The van der Waals surface area contributed by atoms with E-state index in [1.54, 1.807) is 24.3 Å². The van der Waals surface area contributed by atoms with Gasteiger partial charge in [0.15, 0.2) is 0 Å². The van der Waals surface area contributed by atoms with Crippen LogP contribution < -0.4 is 10.6 Å². The quantitative estimate of drug-likeness (QED) is 0.481. The van der Waals surface area contributed by atoms with E-state index in [1.165, 1.54) is 22.5 Å². The number of furan rings is 1. The molecule has 7 nitrogen and oxygen atoms in total. The fourth-order valence-corrected chi connectivity index (χ4v) is 4.98. The van der Waals surface area contributed by atoms with Crippen LogP contribution in [-0.2, 0) is 16.1 Å². The lowest BCUT2D eigenvalue weighted by atomic mass is 9.98. The van der Waals surface area contributed by atoms with Crippen LogP contribution in [0.15, 0.2) is 64.6 Å². The number of nitrogens with one attached hydrogen (secondary N) is 2. The van der Waals surface area contributed by atoms with Crippen LogP contribution >= 0.6 is 11.3 Å². The Balaban J connectivity index is 1.62. The number of carbonyl (C=O) groups excluding carboxylic acids is 3. The summed E-state index contributed by atoms with van der Waals surface area (Å²) in [7, 11) is 0. The molecular weight excluding hydrogens is 450 g/mol. The van der Waals surface area contributed by atoms with E-state index in [0.717, 1.165) is 36.8 Å². The van der Waals surface area contributed by atoms with Crippen molar-refractivity contribution in [3.63, 3.8) is 0 Å². The van der Waals surface area contributed by atoms with Crippen molar-refractivity contribution in [3.05, 3.63) is 81.9 Å². The fourth-order valence-electron chi connectivity index (χ4n) is 4.34. The molecule has 0 spiro atoms. The minimum absolute atomic E-state index is 0.109. The van der Waals surface area contributed by atoms with Crippen LogP contribution in [0.25, 0.3) is 0 Å². The SMILES string of the molecule is Cc1ccccc1[C@H](C(=O)NC1CCCC1)N(Cc1ccco1)C(=O)CNC(=O)c1cccs1. The van der Waals surface area contributed by atoms with Crippen molar-refractivity contribution in [3.8, 4) is 0 Å². The first-order chi connectivity index (χ1) is 16.5. The molecule has 4 rings (SSSR count).